The molecule has 62 heavy (non-hydrogen) atoms. The molecule has 1 aliphatic carbocycles. The van der Waals surface area contributed by atoms with Crippen LogP contribution in [0, 0.1) is 93.2 Å². The third-order valence-electron chi connectivity index (χ3n) is 14.8. The van der Waals surface area contributed by atoms with Gasteiger partial charge in [-0.3, -0.25) is 4.79 Å². The van der Waals surface area contributed by atoms with Crippen LogP contribution in [0.4, 0.5) is 0 Å². The Morgan fingerprint density at radius 3 is 0.532 bits per heavy atom. The quantitative estimate of drug-likeness (QED) is 0.141. The van der Waals surface area contributed by atoms with Gasteiger partial charge in [0.15, 0.2) is 0 Å². The predicted octanol–water partition coefficient (Wildman–Crippen LogP) is 15.1. The number of hydrogen-bond acceptors (Lipinski definition) is 1. The Bertz CT molecular complexity index is 1960. The first kappa shape index (κ1) is 56.5. The van der Waals surface area contributed by atoms with E-state index in [4.69, 9.17) is 0 Å². The van der Waals surface area contributed by atoms with Crippen molar-refractivity contribution in [3.63, 3.8) is 0 Å². The highest BCUT2D eigenvalue weighted by molar-refractivity contribution is 6.92. The molecule has 0 heterocycles. The summed E-state index contributed by atoms with van der Waals surface area (Å²) in [6, 6.07) is 0. The van der Waals surface area contributed by atoms with E-state index in [2.05, 4.69) is 259 Å². The van der Waals surface area contributed by atoms with E-state index < -0.39 is 32.3 Å². The zero-order chi connectivity index (χ0) is 48.1. The smallest absolute Gasteiger partial charge is 0.212 e. The van der Waals surface area contributed by atoms with Crippen molar-refractivity contribution >= 4 is 38.1 Å². The summed E-state index contributed by atoms with van der Waals surface area (Å²) < 4.78 is 0. The fourth-order valence-electron chi connectivity index (χ4n) is 11.8. The molecule has 5 heteroatoms. The van der Waals surface area contributed by atoms with Crippen LogP contribution < -0.4 is 0 Å². The number of Topliss-reactive ketones (excluding diaryl/α,β-unsaturated/α-hetero) is 1. The van der Waals surface area contributed by atoms with Gasteiger partial charge in [-0.15, -0.1) is 22.2 Å². The van der Waals surface area contributed by atoms with E-state index in [1.807, 2.05) is 0 Å². The maximum Gasteiger partial charge on any atom is 0.212 e. The van der Waals surface area contributed by atoms with Crippen molar-refractivity contribution in [2.24, 2.45) is 0 Å². The first-order chi connectivity index (χ1) is 28.6. The van der Waals surface area contributed by atoms with Crippen LogP contribution in [-0.2, 0) is 4.79 Å². The SMILES string of the molecule is CC(C)[Si](C#CC#CC1=C(C#CC#C[Si](C(C)C)(C(C)C)C(C)C)C(C#CC#C[Si](C(C)C)(C(C)C)C(C)C)=C(C#CC#C[Si](C(C)C)(C(C)C)C(C)C)C1=O)(C(C)C)C(C)C. The summed E-state index contributed by atoms with van der Waals surface area (Å²) in [5.41, 5.74) is 21.9. The first-order valence-electron chi connectivity index (χ1n) is 23.8. The maximum atomic E-state index is 14.7. The minimum Gasteiger partial charge on any atom is -0.287 e. The normalized spacial score (nSPS) is 13.5. The van der Waals surface area contributed by atoms with Crippen molar-refractivity contribution in [3.05, 3.63) is 22.3 Å². The first-order valence-corrected chi connectivity index (χ1v) is 32.7. The predicted molar refractivity (Wildman–Crippen MR) is 285 cm³/mol. The number of hydrogen-bond donors (Lipinski definition) is 0. The van der Waals surface area contributed by atoms with Crippen molar-refractivity contribution in [1.82, 2.24) is 0 Å². The van der Waals surface area contributed by atoms with Gasteiger partial charge in [-0.25, -0.2) is 0 Å². The minimum atomic E-state index is -2.05. The molecule has 0 saturated heterocycles. The van der Waals surface area contributed by atoms with Crippen LogP contribution in [0.1, 0.15) is 166 Å². The van der Waals surface area contributed by atoms with E-state index in [1.165, 1.54) is 0 Å². The topological polar surface area (TPSA) is 17.1 Å². The molecular weight excluding hydrogens is 813 g/mol. The fourth-order valence-corrected chi connectivity index (χ4v) is 32.3. The lowest BCUT2D eigenvalue weighted by Gasteiger charge is -2.37. The van der Waals surface area contributed by atoms with Crippen LogP contribution in [-0.4, -0.2) is 38.1 Å². The lowest BCUT2D eigenvalue weighted by atomic mass is 10.1. The van der Waals surface area contributed by atoms with Crippen LogP contribution in [0.2, 0.25) is 66.5 Å². The van der Waals surface area contributed by atoms with E-state index in [0.717, 1.165) is 0 Å². The van der Waals surface area contributed by atoms with E-state index in [-0.39, 0.29) is 16.9 Å². The molecular formula is C57H84OSi4. The van der Waals surface area contributed by atoms with E-state index in [1.54, 1.807) is 0 Å². The largest absolute Gasteiger partial charge is 0.287 e. The lowest BCUT2D eigenvalue weighted by Crippen LogP contribution is -2.43. The number of carbonyl (C=O) groups is 1. The lowest BCUT2D eigenvalue weighted by molar-refractivity contribution is -0.111. The third-order valence-corrected chi connectivity index (χ3v) is 39.9. The number of rotatable bonds is 12. The van der Waals surface area contributed by atoms with Gasteiger partial charge in [-0.1, -0.05) is 178 Å². The van der Waals surface area contributed by atoms with Gasteiger partial charge < -0.3 is 0 Å². The molecule has 0 aliphatic heterocycles. The number of ketones is 1. The van der Waals surface area contributed by atoms with Crippen LogP contribution >= 0.6 is 0 Å². The van der Waals surface area contributed by atoms with Gasteiger partial charge in [0.2, 0.25) is 5.78 Å². The van der Waals surface area contributed by atoms with E-state index in [0.29, 0.717) is 77.6 Å². The Hall–Kier alpha value is -3.50. The van der Waals surface area contributed by atoms with Crippen LogP contribution in [0.3, 0.4) is 0 Å². The molecule has 0 N–H and O–H groups in total. The molecule has 0 radical (unpaired) electrons. The molecule has 0 aromatic rings. The Morgan fingerprint density at radius 1 is 0.242 bits per heavy atom. The molecule has 0 spiro atoms. The summed E-state index contributed by atoms with van der Waals surface area (Å²) in [6.07, 6.45) is 0. The van der Waals surface area contributed by atoms with Gasteiger partial charge in [-0.2, -0.15) is 0 Å². The molecule has 334 valence electrons. The summed E-state index contributed by atoms with van der Waals surface area (Å²) in [4.78, 5) is 14.7. The Kier molecular flexibility index (Phi) is 21.9. The van der Waals surface area contributed by atoms with Crippen LogP contribution in [0.25, 0.3) is 0 Å². The van der Waals surface area contributed by atoms with Gasteiger partial charge in [0.25, 0.3) is 0 Å². The average molecular weight is 898 g/mol. The Balaban J connectivity index is 4.63. The summed E-state index contributed by atoms with van der Waals surface area (Å²) in [5.74, 6) is 38.6. The molecule has 0 fully saturated rings. The molecule has 0 amide bonds. The zero-order valence-corrected chi connectivity index (χ0v) is 47.8. The van der Waals surface area contributed by atoms with Gasteiger partial charge in [0.05, 0.1) is 22.3 Å². The third kappa shape index (κ3) is 12.0. The van der Waals surface area contributed by atoms with E-state index >= 15 is 0 Å². The van der Waals surface area contributed by atoms with Crippen molar-refractivity contribution in [3.8, 4) is 93.2 Å². The molecule has 1 aliphatic rings. The second-order valence-electron chi connectivity index (χ2n) is 21.4. The van der Waals surface area contributed by atoms with Crippen LogP contribution in [0.15, 0.2) is 22.3 Å². The van der Waals surface area contributed by atoms with Crippen molar-refractivity contribution in [2.45, 2.75) is 233 Å². The van der Waals surface area contributed by atoms with Gasteiger partial charge in [-0.05, 0) is 126 Å². The maximum absolute atomic E-state index is 14.7. The summed E-state index contributed by atoms with van der Waals surface area (Å²) in [6.45, 7) is 55.1. The van der Waals surface area contributed by atoms with Crippen molar-refractivity contribution in [1.29, 1.82) is 0 Å². The molecule has 1 rings (SSSR count). The molecule has 0 aromatic heterocycles. The average Bonchev–Trinajstić information content (AvgIpc) is 3.37. The summed E-state index contributed by atoms with van der Waals surface area (Å²) in [5, 5.41) is 0. The Labute approximate surface area is 388 Å². The highest BCUT2D eigenvalue weighted by Crippen LogP contribution is 2.43. The molecule has 0 aromatic carbocycles. The van der Waals surface area contributed by atoms with Crippen molar-refractivity contribution in [2.75, 3.05) is 0 Å². The highest BCUT2D eigenvalue weighted by Gasteiger charge is 2.44. The highest BCUT2D eigenvalue weighted by atomic mass is 28.3. The minimum absolute atomic E-state index is 0.277. The summed E-state index contributed by atoms with van der Waals surface area (Å²) >= 11 is 0. The number of allylic oxidation sites excluding steroid dienone is 4. The molecule has 0 unspecified atom stereocenters. The second-order valence-corrected chi connectivity index (χ2v) is 43.7. The zero-order valence-electron chi connectivity index (χ0n) is 43.8. The standard InChI is InChI=1S/C57H84OSi4/c1-41(2)59(42(3)4,43(5)6)37-29-25-33-53-54(34-26-30-38-60(44(7)8,45(9)10)46(11)12)56(36-28-32-40-62(50(19)20,51(21)22)52(23)24)57(58)55(53)35-27-31-39-61(47(13)14,48(15)16)49(17)18/h41-52H,1-24H3. The van der Waals surface area contributed by atoms with Crippen molar-refractivity contribution < 1.29 is 4.79 Å². The van der Waals surface area contributed by atoms with Gasteiger partial charge in [0.1, 0.15) is 32.3 Å². The van der Waals surface area contributed by atoms with E-state index in [9.17, 15) is 4.79 Å². The second kappa shape index (κ2) is 24.0. The van der Waals surface area contributed by atoms with Gasteiger partial charge >= 0.3 is 0 Å². The summed E-state index contributed by atoms with van der Waals surface area (Å²) in [7, 11) is -8.19. The van der Waals surface area contributed by atoms with Gasteiger partial charge in [0, 0.05) is 0 Å². The molecule has 0 atom stereocenters. The monoisotopic (exact) mass is 897 g/mol. The molecule has 0 saturated carbocycles. The fraction of sp³-hybridized carbons (Fsp3) is 0.632. The molecule has 0 bridgehead atoms. The molecule has 1 nitrogen and oxygen atoms in total. The van der Waals surface area contributed by atoms with Crippen LogP contribution in [0.5, 0.6) is 0 Å². The number of carbonyl (C=O) groups excluding carboxylic acids is 1. The Morgan fingerprint density at radius 2 is 0.387 bits per heavy atom.